The van der Waals surface area contributed by atoms with Gasteiger partial charge in [0.05, 0.1) is 11.6 Å². The molecule has 1 heterocycles. The molecule has 23 heavy (non-hydrogen) atoms. The van der Waals surface area contributed by atoms with E-state index in [4.69, 9.17) is 10.5 Å². The number of benzene rings is 1. The Morgan fingerprint density at radius 2 is 2.09 bits per heavy atom. The highest BCUT2D eigenvalue weighted by molar-refractivity contribution is 5.94. The number of aromatic nitrogens is 1. The standard InChI is InChI=1S/C18H24N2O3/c1-4-20-11-15(18(22)23-12(2)3)17(21)14-10-13(6-5-9-19)7-8-16(14)20/h7-8,10-12H,4-6,9,19H2,1-3H3. The number of nitrogens with zero attached hydrogens (tertiary/aromatic N) is 1. The first-order valence-electron chi connectivity index (χ1n) is 8.05. The molecular formula is C18H24N2O3. The molecule has 124 valence electrons. The highest BCUT2D eigenvalue weighted by Gasteiger charge is 2.17. The van der Waals surface area contributed by atoms with Crippen molar-refractivity contribution < 1.29 is 9.53 Å². The molecule has 0 radical (unpaired) electrons. The van der Waals surface area contributed by atoms with Crippen molar-refractivity contribution in [3.05, 3.63) is 45.7 Å². The number of carbonyl (C=O) groups is 1. The molecule has 0 amide bonds. The minimum Gasteiger partial charge on any atom is -0.459 e. The van der Waals surface area contributed by atoms with E-state index < -0.39 is 5.97 Å². The van der Waals surface area contributed by atoms with Crippen LogP contribution in [0.15, 0.2) is 29.2 Å². The molecule has 0 saturated heterocycles. The van der Waals surface area contributed by atoms with Gasteiger partial charge in [-0.05, 0) is 57.9 Å². The fourth-order valence-electron chi connectivity index (χ4n) is 2.59. The third-order valence-electron chi connectivity index (χ3n) is 3.72. The van der Waals surface area contributed by atoms with Gasteiger partial charge in [0.15, 0.2) is 0 Å². The smallest absolute Gasteiger partial charge is 0.343 e. The lowest BCUT2D eigenvalue weighted by Gasteiger charge is -2.13. The van der Waals surface area contributed by atoms with Gasteiger partial charge in [-0.3, -0.25) is 4.79 Å². The van der Waals surface area contributed by atoms with Gasteiger partial charge in [0.1, 0.15) is 5.56 Å². The summed E-state index contributed by atoms with van der Waals surface area (Å²) in [6.45, 7) is 6.78. The van der Waals surface area contributed by atoms with Crippen LogP contribution in [0.2, 0.25) is 0 Å². The van der Waals surface area contributed by atoms with E-state index >= 15 is 0 Å². The summed E-state index contributed by atoms with van der Waals surface area (Å²) in [5.41, 5.74) is 7.24. The SMILES string of the molecule is CCn1cc(C(=O)OC(C)C)c(=O)c2cc(CCCN)ccc21. The van der Waals surface area contributed by atoms with Crippen molar-refractivity contribution in [2.24, 2.45) is 5.73 Å². The maximum absolute atomic E-state index is 12.7. The molecule has 2 aromatic rings. The molecule has 0 aliphatic rings. The number of ether oxygens (including phenoxy) is 1. The number of rotatable bonds is 6. The van der Waals surface area contributed by atoms with Crippen molar-refractivity contribution in [1.82, 2.24) is 4.57 Å². The van der Waals surface area contributed by atoms with Gasteiger partial charge < -0.3 is 15.0 Å². The Bertz CT molecular complexity index is 763. The lowest BCUT2D eigenvalue weighted by Crippen LogP contribution is -2.22. The zero-order valence-electron chi connectivity index (χ0n) is 14.0. The van der Waals surface area contributed by atoms with Crippen LogP contribution in [0.5, 0.6) is 0 Å². The Hall–Kier alpha value is -2.14. The molecule has 0 atom stereocenters. The summed E-state index contributed by atoms with van der Waals surface area (Å²) in [6, 6.07) is 5.81. The zero-order valence-corrected chi connectivity index (χ0v) is 14.0. The van der Waals surface area contributed by atoms with E-state index in [0.717, 1.165) is 23.9 Å². The first-order valence-corrected chi connectivity index (χ1v) is 8.05. The van der Waals surface area contributed by atoms with E-state index in [1.165, 1.54) is 0 Å². The Kier molecular flexibility index (Phi) is 5.55. The molecule has 0 saturated carbocycles. The molecule has 0 unspecified atom stereocenters. The summed E-state index contributed by atoms with van der Waals surface area (Å²) in [5.74, 6) is -0.568. The van der Waals surface area contributed by atoms with Gasteiger partial charge in [-0.25, -0.2) is 4.79 Å². The van der Waals surface area contributed by atoms with Crippen LogP contribution in [0.1, 0.15) is 43.1 Å². The summed E-state index contributed by atoms with van der Waals surface area (Å²) >= 11 is 0. The lowest BCUT2D eigenvalue weighted by molar-refractivity contribution is 0.0375. The second kappa shape index (κ2) is 7.42. The minimum atomic E-state index is -0.568. The molecule has 0 spiro atoms. The molecule has 5 nitrogen and oxygen atoms in total. The normalized spacial score (nSPS) is 11.2. The molecule has 5 heteroatoms. The zero-order chi connectivity index (χ0) is 17.0. The Labute approximate surface area is 136 Å². The third-order valence-corrected chi connectivity index (χ3v) is 3.72. The van der Waals surface area contributed by atoms with Crippen molar-refractivity contribution >= 4 is 16.9 Å². The van der Waals surface area contributed by atoms with Crippen LogP contribution in [0.3, 0.4) is 0 Å². The lowest BCUT2D eigenvalue weighted by atomic mass is 10.0. The van der Waals surface area contributed by atoms with E-state index in [1.807, 2.05) is 29.7 Å². The fraction of sp³-hybridized carbons (Fsp3) is 0.444. The van der Waals surface area contributed by atoms with Crippen LogP contribution in [0.25, 0.3) is 10.9 Å². The number of fused-ring (bicyclic) bond motifs is 1. The first-order chi connectivity index (χ1) is 11.0. The van der Waals surface area contributed by atoms with Crippen molar-refractivity contribution in [2.75, 3.05) is 6.54 Å². The minimum absolute atomic E-state index is 0.0871. The number of hydrogen-bond donors (Lipinski definition) is 1. The van der Waals surface area contributed by atoms with Crippen LogP contribution >= 0.6 is 0 Å². The van der Waals surface area contributed by atoms with Gasteiger partial charge >= 0.3 is 5.97 Å². The molecule has 1 aromatic carbocycles. The van der Waals surface area contributed by atoms with Gasteiger partial charge in [0, 0.05) is 18.1 Å². The van der Waals surface area contributed by atoms with Crippen molar-refractivity contribution in [1.29, 1.82) is 0 Å². The van der Waals surface area contributed by atoms with Crippen LogP contribution in [0.4, 0.5) is 0 Å². The Morgan fingerprint density at radius 3 is 2.70 bits per heavy atom. The van der Waals surface area contributed by atoms with E-state index in [-0.39, 0.29) is 17.1 Å². The number of carbonyl (C=O) groups excluding carboxylic acids is 1. The predicted molar refractivity (Wildman–Crippen MR) is 91.8 cm³/mol. The van der Waals surface area contributed by atoms with Crippen LogP contribution in [0, 0.1) is 0 Å². The van der Waals surface area contributed by atoms with Crippen molar-refractivity contribution in [3.63, 3.8) is 0 Å². The van der Waals surface area contributed by atoms with E-state index in [1.54, 1.807) is 20.0 Å². The van der Waals surface area contributed by atoms with Crippen LogP contribution < -0.4 is 11.2 Å². The summed E-state index contributed by atoms with van der Waals surface area (Å²) in [6.07, 6.45) is 3.01. The maximum atomic E-state index is 12.7. The van der Waals surface area contributed by atoms with Crippen LogP contribution in [-0.2, 0) is 17.7 Å². The average Bonchev–Trinajstić information content (AvgIpc) is 2.52. The van der Waals surface area contributed by atoms with Crippen LogP contribution in [-0.4, -0.2) is 23.2 Å². The molecule has 2 N–H and O–H groups in total. The number of pyridine rings is 1. The molecule has 1 aromatic heterocycles. The Morgan fingerprint density at radius 1 is 1.35 bits per heavy atom. The van der Waals surface area contributed by atoms with Crippen molar-refractivity contribution in [3.8, 4) is 0 Å². The molecule has 0 aliphatic heterocycles. The summed E-state index contributed by atoms with van der Waals surface area (Å²) in [7, 11) is 0. The predicted octanol–water partition coefficient (Wildman–Crippen LogP) is 2.48. The highest BCUT2D eigenvalue weighted by atomic mass is 16.5. The number of nitrogens with two attached hydrogens (primary N) is 1. The third kappa shape index (κ3) is 3.79. The van der Waals surface area contributed by atoms with E-state index in [2.05, 4.69) is 0 Å². The molecule has 0 aliphatic carbocycles. The first kappa shape index (κ1) is 17.2. The van der Waals surface area contributed by atoms with Gasteiger partial charge in [-0.1, -0.05) is 6.07 Å². The molecule has 0 fully saturated rings. The van der Waals surface area contributed by atoms with E-state index in [0.29, 0.717) is 18.5 Å². The summed E-state index contributed by atoms with van der Waals surface area (Å²) < 4.78 is 7.09. The van der Waals surface area contributed by atoms with Gasteiger partial charge in [-0.15, -0.1) is 0 Å². The second-order valence-electron chi connectivity index (χ2n) is 5.86. The maximum Gasteiger partial charge on any atom is 0.343 e. The fourth-order valence-corrected chi connectivity index (χ4v) is 2.59. The second-order valence-corrected chi connectivity index (χ2v) is 5.86. The highest BCUT2D eigenvalue weighted by Crippen LogP contribution is 2.16. The Balaban J connectivity index is 2.59. The van der Waals surface area contributed by atoms with Gasteiger partial charge in [-0.2, -0.15) is 0 Å². The topological polar surface area (TPSA) is 74.3 Å². The summed E-state index contributed by atoms with van der Waals surface area (Å²) in [4.78, 5) is 24.9. The molecular weight excluding hydrogens is 292 g/mol. The number of hydrogen-bond acceptors (Lipinski definition) is 4. The largest absolute Gasteiger partial charge is 0.459 e. The molecule has 2 rings (SSSR count). The summed E-state index contributed by atoms with van der Waals surface area (Å²) in [5, 5.41) is 0.555. The quantitative estimate of drug-likeness (QED) is 0.831. The van der Waals surface area contributed by atoms with E-state index in [9.17, 15) is 9.59 Å². The monoisotopic (exact) mass is 316 g/mol. The van der Waals surface area contributed by atoms with Crippen molar-refractivity contribution in [2.45, 2.75) is 46.3 Å². The number of aryl methyl sites for hydroxylation is 2. The van der Waals surface area contributed by atoms with Gasteiger partial charge in [0.2, 0.25) is 5.43 Å². The number of esters is 1. The molecule has 0 bridgehead atoms. The van der Waals surface area contributed by atoms with Gasteiger partial charge in [0.25, 0.3) is 0 Å². The average molecular weight is 316 g/mol.